The van der Waals surface area contributed by atoms with Crippen LogP contribution in [0.3, 0.4) is 0 Å². The average molecular weight is 428 g/mol. The number of para-hydroxylation sites is 1. The molecule has 3 heterocycles. The van der Waals surface area contributed by atoms with E-state index in [-0.39, 0.29) is 12.5 Å². The Labute approximate surface area is 186 Å². The molecule has 8 heteroatoms. The molecule has 1 amide bonds. The highest BCUT2D eigenvalue weighted by Crippen LogP contribution is 2.25. The minimum absolute atomic E-state index is 0.0501. The maximum atomic E-state index is 13.3. The predicted molar refractivity (Wildman–Crippen MR) is 124 cm³/mol. The number of nitrogens with one attached hydrogen (secondary N) is 1. The number of piperazine rings is 1. The summed E-state index contributed by atoms with van der Waals surface area (Å²) < 4.78 is 6.04. The van der Waals surface area contributed by atoms with Crippen molar-refractivity contribution in [2.24, 2.45) is 9.98 Å². The van der Waals surface area contributed by atoms with E-state index in [1.807, 2.05) is 59.5 Å². The second-order valence-corrected chi connectivity index (χ2v) is 7.88. The number of likely N-dealkylation sites (N-methyl/N-ethyl adjacent to an activating group) is 1. The zero-order valence-electron chi connectivity index (χ0n) is 17.9. The van der Waals surface area contributed by atoms with E-state index in [4.69, 9.17) is 4.74 Å². The Hall–Kier alpha value is -3.78. The van der Waals surface area contributed by atoms with Crippen molar-refractivity contribution in [2.45, 2.75) is 0 Å². The normalized spacial score (nSPS) is 16.6. The highest BCUT2D eigenvalue weighted by atomic mass is 16.5. The number of amides is 1. The van der Waals surface area contributed by atoms with Crippen molar-refractivity contribution in [1.82, 2.24) is 20.0 Å². The Kier molecular flexibility index (Phi) is 5.51. The van der Waals surface area contributed by atoms with Crippen LogP contribution >= 0.6 is 0 Å². The number of benzene rings is 2. The number of aromatic amines is 1. The van der Waals surface area contributed by atoms with Crippen LogP contribution in [0.15, 0.2) is 70.8 Å². The van der Waals surface area contributed by atoms with Crippen LogP contribution in [0.4, 0.5) is 5.69 Å². The van der Waals surface area contributed by atoms with E-state index in [0.717, 1.165) is 29.9 Å². The number of aromatic nitrogens is 2. The van der Waals surface area contributed by atoms with Gasteiger partial charge in [-0.3, -0.25) is 14.9 Å². The quantitative estimate of drug-likeness (QED) is 0.695. The third-order valence-electron chi connectivity index (χ3n) is 5.67. The van der Waals surface area contributed by atoms with Gasteiger partial charge in [-0.2, -0.15) is 5.10 Å². The molecule has 0 bridgehead atoms. The van der Waals surface area contributed by atoms with Gasteiger partial charge in [-0.05, 0) is 49.0 Å². The van der Waals surface area contributed by atoms with Crippen molar-refractivity contribution in [3.8, 4) is 17.0 Å². The van der Waals surface area contributed by atoms with Crippen LogP contribution in [0.2, 0.25) is 0 Å². The Bertz CT molecular complexity index is 1160. The maximum absolute atomic E-state index is 13.3. The molecule has 32 heavy (non-hydrogen) atoms. The molecule has 162 valence electrons. The highest BCUT2D eigenvalue weighted by molar-refractivity contribution is 6.46. The smallest absolute Gasteiger partial charge is 0.272 e. The zero-order valence-corrected chi connectivity index (χ0v) is 17.9. The van der Waals surface area contributed by atoms with Crippen LogP contribution < -0.4 is 4.74 Å². The summed E-state index contributed by atoms with van der Waals surface area (Å²) in [6, 6.07) is 17.2. The van der Waals surface area contributed by atoms with Crippen LogP contribution in [-0.2, 0) is 4.79 Å². The van der Waals surface area contributed by atoms with Crippen molar-refractivity contribution >= 4 is 23.2 Å². The number of nitrogens with zero attached hydrogens (tertiary/aromatic N) is 5. The Morgan fingerprint density at radius 3 is 2.53 bits per heavy atom. The number of carbonyl (C=O) groups excluding carboxylic acids is 1. The molecule has 1 aromatic heterocycles. The predicted octanol–water partition coefficient (Wildman–Crippen LogP) is 2.76. The van der Waals surface area contributed by atoms with Gasteiger partial charge in [0, 0.05) is 37.9 Å². The molecule has 1 saturated heterocycles. The van der Waals surface area contributed by atoms with Gasteiger partial charge in [-0.15, -0.1) is 0 Å². The number of fused-ring (bicyclic) bond motifs is 1. The lowest BCUT2D eigenvalue weighted by atomic mass is 10.1. The third-order valence-corrected chi connectivity index (χ3v) is 5.67. The topological polar surface area (TPSA) is 86.2 Å². The van der Waals surface area contributed by atoms with E-state index >= 15 is 0 Å². The summed E-state index contributed by atoms with van der Waals surface area (Å²) in [6.45, 7) is 3.32. The van der Waals surface area contributed by atoms with E-state index < -0.39 is 0 Å². The van der Waals surface area contributed by atoms with E-state index in [1.165, 1.54) is 0 Å². The molecule has 0 atom stereocenters. The molecule has 0 radical (unpaired) electrons. The first kappa shape index (κ1) is 20.1. The lowest BCUT2D eigenvalue weighted by Gasteiger charge is -2.32. The van der Waals surface area contributed by atoms with Crippen LogP contribution in [0.1, 0.15) is 5.56 Å². The van der Waals surface area contributed by atoms with E-state index in [9.17, 15) is 4.79 Å². The van der Waals surface area contributed by atoms with Gasteiger partial charge in [-0.1, -0.05) is 18.2 Å². The fourth-order valence-corrected chi connectivity index (χ4v) is 3.83. The number of rotatable bonds is 3. The van der Waals surface area contributed by atoms with E-state index in [1.54, 1.807) is 6.20 Å². The summed E-state index contributed by atoms with van der Waals surface area (Å²) in [5.74, 6) is 1.06. The fraction of sp³-hybridized carbons (Fsp3) is 0.250. The summed E-state index contributed by atoms with van der Waals surface area (Å²) in [5.41, 5.74) is 3.83. The van der Waals surface area contributed by atoms with Crippen LogP contribution in [0.25, 0.3) is 11.3 Å². The third kappa shape index (κ3) is 4.17. The van der Waals surface area contributed by atoms with Crippen LogP contribution in [0, 0.1) is 0 Å². The first-order chi connectivity index (χ1) is 15.7. The van der Waals surface area contributed by atoms with Crippen molar-refractivity contribution in [3.63, 3.8) is 0 Å². The summed E-state index contributed by atoms with van der Waals surface area (Å²) in [6.07, 6.45) is 1.72. The number of H-pyrrole nitrogens is 1. The molecule has 1 fully saturated rings. The van der Waals surface area contributed by atoms with Crippen molar-refractivity contribution < 1.29 is 9.53 Å². The molecule has 0 spiro atoms. The summed E-state index contributed by atoms with van der Waals surface area (Å²) in [7, 11) is 2.07. The number of carbonyl (C=O) groups is 1. The Morgan fingerprint density at radius 1 is 1.00 bits per heavy atom. The molecule has 0 saturated carbocycles. The first-order valence-electron chi connectivity index (χ1n) is 10.6. The number of hydrogen-bond donors (Lipinski definition) is 1. The SMILES string of the molecule is CN1CCN(C(=O)C2=NCC(Oc3ccc(-c4ccn[nH]4)cc3)=Nc3ccccc32)CC1. The summed E-state index contributed by atoms with van der Waals surface area (Å²) in [5, 5.41) is 6.93. The standard InChI is InChI=1S/C24H24N6O2/c1-29-12-14-30(15-13-29)24(31)23-19-4-2-3-5-21(19)27-22(16-25-23)32-18-8-6-17(7-9-18)20-10-11-26-28-20/h2-11H,12-16H2,1H3,(H,26,28). The van der Waals surface area contributed by atoms with E-state index in [2.05, 4.69) is 32.1 Å². The molecular formula is C24H24N6O2. The Morgan fingerprint density at radius 2 is 1.78 bits per heavy atom. The molecule has 2 aliphatic heterocycles. The molecule has 8 nitrogen and oxygen atoms in total. The van der Waals surface area contributed by atoms with Gasteiger partial charge in [0.15, 0.2) is 0 Å². The highest BCUT2D eigenvalue weighted by Gasteiger charge is 2.27. The van der Waals surface area contributed by atoms with Gasteiger partial charge in [0.25, 0.3) is 5.91 Å². The van der Waals surface area contributed by atoms with Gasteiger partial charge in [0.1, 0.15) is 18.0 Å². The molecule has 3 aromatic rings. The maximum Gasteiger partial charge on any atom is 0.272 e. The monoisotopic (exact) mass is 428 g/mol. The van der Waals surface area contributed by atoms with Gasteiger partial charge in [-0.25, -0.2) is 4.99 Å². The Balaban J connectivity index is 1.38. The molecule has 5 rings (SSSR count). The van der Waals surface area contributed by atoms with E-state index in [0.29, 0.717) is 36.1 Å². The second kappa shape index (κ2) is 8.76. The molecule has 0 aliphatic carbocycles. The molecule has 0 unspecified atom stereocenters. The van der Waals surface area contributed by atoms with Gasteiger partial charge in [0.05, 0.1) is 11.4 Å². The van der Waals surface area contributed by atoms with Crippen molar-refractivity contribution in [2.75, 3.05) is 39.8 Å². The van der Waals surface area contributed by atoms with Crippen LogP contribution in [0.5, 0.6) is 5.75 Å². The number of ether oxygens (including phenoxy) is 1. The lowest BCUT2D eigenvalue weighted by Crippen LogP contribution is -2.49. The number of aliphatic imine (C=N–C) groups is 2. The summed E-state index contributed by atoms with van der Waals surface area (Å²) in [4.78, 5) is 26.7. The summed E-state index contributed by atoms with van der Waals surface area (Å²) >= 11 is 0. The lowest BCUT2D eigenvalue weighted by molar-refractivity contribution is -0.125. The average Bonchev–Trinajstić information content (AvgIpc) is 3.29. The van der Waals surface area contributed by atoms with Crippen molar-refractivity contribution in [3.05, 3.63) is 66.4 Å². The largest absolute Gasteiger partial charge is 0.441 e. The second-order valence-electron chi connectivity index (χ2n) is 7.88. The van der Waals surface area contributed by atoms with Crippen LogP contribution in [-0.4, -0.2) is 77.3 Å². The van der Waals surface area contributed by atoms with Crippen molar-refractivity contribution in [1.29, 1.82) is 0 Å². The molecule has 2 aliphatic rings. The van der Waals surface area contributed by atoms with Gasteiger partial charge in [0.2, 0.25) is 5.90 Å². The van der Waals surface area contributed by atoms with Gasteiger partial charge < -0.3 is 14.5 Å². The molecule has 2 aromatic carbocycles. The minimum Gasteiger partial charge on any atom is -0.441 e. The fourth-order valence-electron chi connectivity index (χ4n) is 3.83. The molecular weight excluding hydrogens is 404 g/mol. The van der Waals surface area contributed by atoms with Gasteiger partial charge >= 0.3 is 0 Å². The number of hydrogen-bond acceptors (Lipinski definition) is 6. The minimum atomic E-state index is -0.0501. The zero-order chi connectivity index (χ0) is 21.9. The molecule has 1 N–H and O–H groups in total. The first-order valence-corrected chi connectivity index (χ1v) is 10.6.